The molecule has 1 fully saturated rings. The van der Waals surface area contributed by atoms with Crippen molar-refractivity contribution in [3.05, 3.63) is 0 Å². The highest BCUT2D eigenvalue weighted by atomic mass is 79.9. The zero-order valence-corrected chi connectivity index (χ0v) is 8.43. The van der Waals surface area contributed by atoms with E-state index in [0.717, 1.165) is 25.7 Å². The largest absolute Gasteiger partial charge is 0.365 e. The molecule has 1 aliphatic heterocycles. The van der Waals surface area contributed by atoms with Gasteiger partial charge in [-0.2, -0.15) is 0 Å². The molecule has 1 saturated heterocycles. The molecule has 0 aromatic heterocycles. The maximum Gasteiger partial charge on any atom is 0.178 e. The van der Waals surface area contributed by atoms with E-state index < -0.39 is 5.79 Å². The minimum atomic E-state index is -0.896. The number of ether oxygens (including phenoxy) is 1. The van der Waals surface area contributed by atoms with Crippen LogP contribution in [0.4, 0.5) is 0 Å². The van der Waals surface area contributed by atoms with Crippen molar-refractivity contribution in [2.24, 2.45) is 0 Å². The van der Waals surface area contributed by atoms with Gasteiger partial charge >= 0.3 is 0 Å². The molecular weight excluding hydrogens is 208 g/mol. The van der Waals surface area contributed by atoms with Gasteiger partial charge in [0.25, 0.3) is 0 Å². The summed E-state index contributed by atoms with van der Waals surface area (Å²) in [6.45, 7) is 2.74. The van der Waals surface area contributed by atoms with Crippen molar-refractivity contribution >= 4 is 15.9 Å². The van der Waals surface area contributed by atoms with Crippen LogP contribution in [0.5, 0.6) is 0 Å². The summed E-state index contributed by atoms with van der Waals surface area (Å²) in [5, 5.41) is 9.87. The first-order chi connectivity index (χ1) is 5.19. The molecule has 1 aliphatic rings. The first kappa shape index (κ1) is 9.49. The molecule has 2 atom stereocenters. The lowest BCUT2D eigenvalue weighted by Crippen LogP contribution is -2.44. The van der Waals surface area contributed by atoms with E-state index >= 15 is 0 Å². The lowest BCUT2D eigenvalue weighted by atomic mass is 10.0. The van der Waals surface area contributed by atoms with Crippen LogP contribution in [-0.4, -0.2) is 22.3 Å². The minimum Gasteiger partial charge on any atom is -0.365 e. The predicted octanol–water partition coefficient (Wildman–Crippen LogP) is 2.05. The maximum atomic E-state index is 9.87. The molecule has 3 heteroatoms. The van der Waals surface area contributed by atoms with Crippen molar-refractivity contribution in [1.82, 2.24) is 0 Å². The van der Waals surface area contributed by atoms with E-state index in [1.165, 1.54) is 0 Å². The van der Waals surface area contributed by atoms with Crippen molar-refractivity contribution in [1.29, 1.82) is 0 Å². The number of hydrogen-bond acceptors (Lipinski definition) is 2. The molecule has 0 spiro atoms. The van der Waals surface area contributed by atoms with Crippen molar-refractivity contribution in [2.75, 3.05) is 6.61 Å². The molecule has 0 saturated carbocycles. The van der Waals surface area contributed by atoms with Crippen LogP contribution in [0.2, 0.25) is 0 Å². The van der Waals surface area contributed by atoms with E-state index in [1.54, 1.807) is 0 Å². The summed E-state index contributed by atoms with van der Waals surface area (Å²) in [5.74, 6) is -0.896. The van der Waals surface area contributed by atoms with Gasteiger partial charge in [0.2, 0.25) is 0 Å². The Morgan fingerprint density at radius 1 is 1.73 bits per heavy atom. The molecule has 1 rings (SSSR count). The predicted molar refractivity (Wildman–Crippen MR) is 47.8 cm³/mol. The standard InChI is InChI=1S/C8H15BrO2/c1-2-5-8(10)7(9)4-3-6-11-8/h7,10H,2-6H2,1H3. The Morgan fingerprint density at radius 2 is 2.45 bits per heavy atom. The van der Waals surface area contributed by atoms with Gasteiger partial charge in [0.15, 0.2) is 5.79 Å². The average molecular weight is 223 g/mol. The maximum absolute atomic E-state index is 9.87. The van der Waals surface area contributed by atoms with E-state index in [9.17, 15) is 5.11 Å². The van der Waals surface area contributed by atoms with E-state index in [-0.39, 0.29) is 4.83 Å². The van der Waals surface area contributed by atoms with E-state index in [2.05, 4.69) is 22.9 Å². The summed E-state index contributed by atoms with van der Waals surface area (Å²) in [6, 6.07) is 0. The molecule has 2 unspecified atom stereocenters. The molecule has 0 radical (unpaired) electrons. The van der Waals surface area contributed by atoms with Crippen molar-refractivity contribution in [3.8, 4) is 0 Å². The quantitative estimate of drug-likeness (QED) is 0.726. The van der Waals surface area contributed by atoms with Gasteiger partial charge < -0.3 is 9.84 Å². The van der Waals surface area contributed by atoms with Crippen LogP contribution in [0.3, 0.4) is 0 Å². The summed E-state index contributed by atoms with van der Waals surface area (Å²) < 4.78 is 5.33. The third-order valence-electron chi connectivity index (χ3n) is 2.05. The van der Waals surface area contributed by atoms with Gasteiger partial charge in [0.1, 0.15) is 0 Å². The van der Waals surface area contributed by atoms with Crippen LogP contribution >= 0.6 is 15.9 Å². The Labute approximate surface area is 76.1 Å². The Kier molecular flexibility index (Phi) is 3.34. The lowest BCUT2D eigenvalue weighted by molar-refractivity contribution is -0.221. The molecule has 66 valence electrons. The smallest absolute Gasteiger partial charge is 0.178 e. The Bertz CT molecular complexity index is 125. The van der Waals surface area contributed by atoms with Gasteiger partial charge in [0, 0.05) is 6.42 Å². The molecular formula is C8H15BrO2. The molecule has 11 heavy (non-hydrogen) atoms. The fourth-order valence-corrected chi connectivity index (χ4v) is 2.10. The van der Waals surface area contributed by atoms with Crippen LogP contribution in [-0.2, 0) is 4.74 Å². The zero-order valence-electron chi connectivity index (χ0n) is 6.85. The lowest BCUT2D eigenvalue weighted by Gasteiger charge is -2.36. The van der Waals surface area contributed by atoms with E-state index in [4.69, 9.17) is 4.74 Å². The summed E-state index contributed by atoms with van der Waals surface area (Å²) in [5.41, 5.74) is 0. The third-order valence-corrected chi connectivity index (χ3v) is 3.22. The molecule has 2 nitrogen and oxygen atoms in total. The first-order valence-corrected chi connectivity index (χ1v) is 5.11. The SMILES string of the molecule is CCCC1(O)OCCCC1Br. The number of hydrogen-bond donors (Lipinski definition) is 1. The number of alkyl halides is 1. The van der Waals surface area contributed by atoms with Crippen molar-refractivity contribution < 1.29 is 9.84 Å². The highest BCUT2D eigenvalue weighted by Crippen LogP contribution is 2.32. The van der Waals surface area contributed by atoms with Crippen molar-refractivity contribution in [3.63, 3.8) is 0 Å². The Hall–Kier alpha value is 0.400. The average Bonchev–Trinajstić information content (AvgIpc) is 1.96. The minimum absolute atomic E-state index is 0.115. The van der Waals surface area contributed by atoms with Gasteiger partial charge in [-0.15, -0.1) is 0 Å². The topological polar surface area (TPSA) is 29.5 Å². The molecule has 0 aromatic carbocycles. The second-order valence-corrected chi connectivity index (χ2v) is 4.16. The van der Waals surface area contributed by atoms with Gasteiger partial charge in [0.05, 0.1) is 11.4 Å². The molecule has 0 amide bonds. The van der Waals surface area contributed by atoms with E-state index in [1.807, 2.05) is 0 Å². The third kappa shape index (κ3) is 2.17. The van der Waals surface area contributed by atoms with Gasteiger partial charge in [-0.3, -0.25) is 0 Å². The monoisotopic (exact) mass is 222 g/mol. The number of halogens is 1. The summed E-state index contributed by atoms with van der Waals surface area (Å²) >= 11 is 3.44. The van der Waals surface area contributed by atoms with E-state index in [0.29, 0.717) is 6.61 Å². The normalized spacial score (nSPS) is 39.0. The molecule has 0 aliphatic carbocycles. The highest BCUT2D eigenvalue weighted by Gasteiger charge is 2.37. The summed E-state index contributed by atoms with van der Waals surface area (Å²) in [6.07, 6.45) is 3.74. The Balaban J connectivity index is 2.49. The highest BCUT2D eigenvalue weighted by molar-refractivity contribution is 9.09. The van der Waals surface area contributed by atoms with Crippen LogP contribution in [0, 0.1) is 0 Å². The van der Waals surface area contributed by atoms with Gasteiger partial charge in [-0.05, 0) is 12.8 Å². The van der Waals surface area contributed by atoms with Gasteiger partial charge in [-0.1, -0.05) is 29.3 Å². The number of rotatable bonds is 2. The van der Waals surface area contributed by atoms with Crippen LogP contribution in [0.1, 0.15) is 32.6 Å². The second kappa shape index (κ2) is 3.87. The molecule has 0 aromatic rings. The second-order valence-electron chi connectivity index (χ2n) is 3.05. The van der Waals surface area contributed by atoms with Gasteiger partial charge in [-0.25, -0.2) is 0 Å². The van der Waals surface area contributed by atoms with Crippen molar-refractivity contribution in [2.45, 2.75) is 43.2 Å². The van der Waals surface area contributed by atoms with Crippen LogP contribution < -0.4 is 0 Å². The van der Waals surface area contributed by atoms with Crippen LogP contribution in [0.15, 0.2) is 0 Å². The first-order valence-electron chi connectivity index (χ1n) is 4.19. The summed E-state index contributed by atoms with van der Waals surface area (Å²) in [4.78, 5) is 0.115. The number of aliphatic hydroxyl groups is 1. The fraction of sp³-hybridized carbons (Fsp3) is 1.00. The zero-order chi connectivity index (χ0) is 8.32. The molecule has 0 bridgehead atoms. The summed E-state index contributed by atoms with van der Waals surface area (Å²) in [7, 11) is 0. The molecule has 1 N–H and O–H groups in total. The van der Waals surface area contributed by atoms with Crippen LogP contribution in [0.25, 0.3) is 0 Å². The Morgan fingerprint density at radius 3 is 3.00 bits per heavy atom. The fourth-order valence-electron chi connectivity index (χ4n) is 1.41. The molecule has 1 heterocycles.